The third-order valence-corrected chi connectivity index (χ3v) is 9.21. The number of halogens is 1. The van der Waals surface area contributed by atoms with E-state index in [0.717, 1.165) is 40.4 Å². The first-order chi connectivity index (χ1) is 24.3. The summed E-state index contributed by atoms with van der Waals surface area (Å²) in [5, 5.41) is 1.07. The Bertz CT molecular complexity index is 1390. The van der Waals surface area contributed by atoms with E-state index >= 15 is 0 Å². The molecule has 0 aliphatic carbocycles. The van der Waals surface area contributed by atoms with E-state index in [-0.39, 0.29) is 0 Å². The highest BCUT2D eigenvalue weighted by Crippen LogP contribution is 2.32. The maximum absolute atomic E-state index is 6.81. The molecule has 1 aliphatic rings. The van der Waals surface area contributed by atoms with Gasteiger partial charge in [0.1, 0.15) is 24.4 Å². The van der Waals surface area contributed by atoms with Crippen LogP contribution in [0.1, 0.15) is 60.8 Å². The van der Waals surface area contributed by atoms with Crippen LogP contribution >= 0.6 is 15.9 Å². The largest absolute Gasteiger partial charge is 0.374 e. The van der Waals surface area contributed by atoms with Crippen LogP contribution in [0.3, 0.4) is 0 Å². The Morgan fingerprint density at radius 1 is 0.449 bits per heavy atom. The first kappa shape index (κ1) is 37.4. The molecule has 4 aromatic rings. The van der Waals surface area contributed by atoms with Gasteiger partial charge < -0.3 is 28.4 Å². The van der Waals surface area contributed by atoms with Crippen molar-refractivity contribution in [2.24, 2.45) is 0 Å². The van der Waals surface area contributed by atoms with Crippen molar-refractivity contribution in [3.05, 3.63) is 144 Å². The molecule has 262 valence electrons. The number of alkyl halides is 1. The van der Waals surface area contributed by atoms with Gasteiger partial charge in [-0.25, -0.2) is 0 Å². The fourth-order valence-corrected chi connectivity index (χ4v) is 6.39. The predicted octanol–water partition coefficient (Wildman–Crippen LogP) is 9.44. The van der Waals surface area contributed by atoms with Crippen molar-refractivity contribution < 1.29 is 28.4 Å². The number of hydrogen-bond acceptors (Lipinski definition) is 6. The highest BCUT2D eigenvalue weighted by molar-refractivity contribution is 9.09. The van der Waals surface area contributed by atoms with Gasteiger partial charge in [-0.3, -0.25) is 0 Å². The standard InChI is InChI=1S/C42H51BrO6/c43-27-17-3-1-2-4-18-28-45-39-38(33-44-29-34-19-9-5-10-20-34)49-42(48-32-37-25-15-8-16-26-37)41(47-31-36-23-13-7-14-24-36)40(39)46-30-35-21-11-6-12-22-35/h5-16,19-26,38-42H,1-4,17-18,27-33H2/t38-,39-,40+,41-,42-/m1/s1. The zero-order valence-electron chi connectivity index (χ0n) is 28.5. The Kier molecular flexibility index (Phi) is 16.8. The van der Waals surface area contributed by atoms with E-state index in [1.807, 2.05) is 72.8 Å². The molecule has 1 fully saturated rings. The molecule has 0 radical (unpaired) electrons. The molecule has 5 rings (SSSR count). The van der Waals surface area contributed by atoms with E-state index in [1.54, 1.807) is 0 Å². The first-order valence-corrected chi connectivity index (χ1v) is 18.8. The molecule has 7 heteroatoms. The molecule has 6 nitrogen and oxygen atoms in total. The highest BCUT2D eigenvalue weighted by Gasteiger charge is 2.49. The molecule has 4 aromatic carbocycles. The van der Waals surface area contributed by atoms with Gasteiger partial charge in [-0.15, -0.1) is 0 Å². The second-order valence-electron chi connectivity index (χ2n) is 12.5. The lowest BCUT2D eigenvalue weighted by Crippen LogP contribution is -2.61. The van der Waals surface area contributed by atoms with Crippen LogP contribution in [0.15, 0.2) is 121 Å². The van der Waals surface area contributed by atoms with Crippen LogP contribution in [-0.2, 0) is 54.8 Å². The Balaban J connectivity index is 1.37. The minimum atomic E-state index is -0.704. The smallest absolute Gasteiger partial charge is 0.187 e. The average Bonchev–Trinajstić information content (AvgIpc) is 3.16. The Morgan fingerprint density at radius 3 is 1.43 bits per heavy atom. The molecule has 1 heterocycles. The van der Waals surface area contributed by atoms with Crippen LogP contribution in [0.2, 0.25) is 0 Å². The van der Waals surface area contributed by atoms with Gasteiger partial charge in [0.2, 0.25) is 0 Å². The normalized spacial score (nSPS) is 20.7. The summed E-state index contributed by atoms with van der Waals surface area (Å²) in [5.74, 6) is 0. The number of benzene rings is 4. The second-order valence-corrected chi connectivity index (χ2v) is 13.3. The lowest BCUT2D eigenvalue weighted by Gasteiger charge is -2.46. The quantitative estimate of drug-likeness (QED) is 0.0594. The minimum Gasteiger partial charge on any atom is -0.374 e. The van der Waals surface area contributed by atoms with Crippen LogP contribution in [-0.4, -0.2) is 49.2 Å². The van der Waals surface area contributed by atoms with E-state index in [1.165, 1.54) is 25.7 Å². The monoisotopic (exact) mass is 730 g/mol. The maximum Gasteiger partial charge on any atom is 0.187 e. The van der Waals surface area contributed by atoms with Crippen molar-refractivity contribution in [2.75, 3.05) is 18.5 Å². The molecule has 0 N–H and O–H groups in total. The van der Waals surface area contributed by atoms with Crippen molar-refractivity contribution in [2.45, 2.75) is 95.7 Å². The molecule has 0 bridgehead atoms. The molecule has 1 saturated heterocycles. The lowest BCUT2D eigenvalue weighted by molar-refractivity contribution is -0.329. The number of rotatable bonds is 22. The van der Waals surface area contributed by atoms with E-state index in [0.29, 0.717) is 39.6 Å². The zero-order valence-corrected chi connectivity index (χ0v) is 30.0. The first-order valence-electron chi connectivity index (χ1n) is 17.7. The van der Waals surface area contributed by atoms with Crippen molar-refractivity contribution in [3.8, 4) is 0 Å². The van der Waals surface area contributed by atoms with Gasteiger partial charge in [0.25, 0.3) is 0 Å². The predicted molar refractivity (Wildman–Crippen MR) is 197 cm³/mol. The molecule has 1 aliphatic heterocycles. The molecule has 0 saturated carbocycles. The summed E-state index contributed by atoms with van der Waals surface area (Å²) in [6, 6.07) is 40.8. The van der Waals surface area contributed by atoms with Gasteiger partial charge in [-0.2, -0.15) is 0 Å². The third-order valence-electron chi connectivity index (χ3n) is 8.65. The molecule has 49 heavy (non-hydrogen) atoms. The minimum absolute atomic E-state index is 0.327. The number of hydrogen-bond donors (Lipinski definition) is 0. The van der Waals surface area contributed by atoms with Crippen LogP contribution in [0.5, 0.6) is 0 Å². The molecule has 0 spiro atoms. The molecular weight excluding hydrogens is 680 g/mol. The van der Waals surface area contributed by atoms with Crippen molar-refractivity contribution in [3.63, 3.8) is 0 Å². The zero-order chi connectivity index (χ0) is 33.8. The summed E-state index contributed by atoms with van der Waals surface area (Å²) in [5.41, 5.74) is 4.31. The van der Waals surface area contributed by atoms with Crippen LogP contribution in [0, 0.1) is 0 Å². The lowest BCUT2D eigenvalue weighted by atomic mass is 9.97. The van der Waals surface area contributed by atoms with Gasteiger partial charge in [-0.05, 0) is 35.1 Å². The van der Waals surface area contributed by atoms with Crippen molar-refractivity contribution >= 4 is 15.9 Å². The fraction of sp³-hybridized carbons (Fsp3) is 0.429. The van der Waals surface area contributed by atoms with Crippen LogP contribution in [0.25, 0.3) is 0 Å². The summed E-state index contributed by atoms with van der Waals surface area (Å²) in [4.78, 5) is 0. The van der Waals surface area contributed by atoms with E-state index in [4.69, 9.17) is 28.4 Å². The molecular formula is C42H51BrO6. The third kappa shape index (κ3) is 13.1. The second kappa shape index (κ2) is 22.0. The van der Waals surface area contributed by atoms with Gasteiger partial charge in [0.05, 0.1) is 33.0 Å². The average molecular weight is 732 g/mol. The summed E-state index contributed by atoms with van der Waals surface area (Å²) in [6.45, 7) is 2.58. The number of ether oxygens (including phenoxy) is 6. The van der Waals surface area contributed by atoms with E-state index < -0.39 is 30.7 Å². The van der Waals surface area contributed by atoms with Crippen LogP contribution in [0.4, 0.5) is 0 Å². The van der Waals surface area contributed by atoms with Crippen molar-refractivity contribution in [1.29, 1.82) is 0 Å². The molecule has 0 amide bonds. The van der Waals surface area contributed by atoms with Crippen molar-refractivity contribution in [1.82, 2.24) is 0 Å². The Labute approximate surface area is 301 Å². The Hall–Kier alpha value is -2.88. The topological polar surface area (TPSA) is 55.4 Å². The summed E-state index contributed by atoms with van der Waals surface area (Å²) >= 11 is 3.54. The molecule has 5 atom stereocenters. The highest BCUT2D eigenvalue weighted by atomic mass is 79.9. The maximum atomic E-state index is 6.81. The Morgan fingerprint density at radius 2 is 0.898 bits per heavy atom. The SMILES string of the molecule is BrCCCCCCCCO[C@H]1[C@H](OCc2ccccc2)[C@@H](OCc2ccccc2)[C@H](OCc2ccccc2)O[C@@H]1COCc1ccccc1. The fourth-order valence-electron chi connectivity index (χ4n) is 5.99. The summed E-state index contributed by atoms with van der Waals surface area (Å²) in [7, 11) is 0. The van der Waals surface area contributed by atoms with Gasteiger partial charge in [0.15, 0.2) is 6.29 Å². The summed E-state index contributed by atoms with van der Waals surface area (Å²) in [6.07, 6.45) is 4.43. The van der Waals surface area contributed by atoms with Gasteiger partial charge in [-0.1, -0.05) is 163 Å². The molecule has 0 aromatic heterocycles. The van der Waals surface area contributed by atoms with Gasteiger partial charge >= 0.3 is 0 Å². The van der Waals surface area contributed by atoms with Gasteiger partial charge in [0, 0.05) is 11.9 Å². The van der Waals surface area contributed by atoms with Crippen LogP contribution < -0.4 is 0 Å². The summed E-state index contributed by atoms with van der Waals surface area (Å²) < 4.78 is 39.9. The van der Waals surface area contributed by atoms with E-state index in [2.05, 4.69) is 64.5 Å². The molecule has 0 unspecified atom stereocenters. The van der Waals surface area contributed by atoms with E-state index in [9.17, 15) is 0 Å². The number of unbranched alkanes of at least 4 members (excludes halogenated alkanes) is 5.